The van der Waals surface area contributed by atoms with E-state index in [1.54, 1.807) is 29.2 Å². The van der Waals surface area contributed by atoms with E-state index in [0.717, 1.165) is 5.56 Å². The number of aryl methyl sites for hydroxylation is 2. The van der Waals surface area contributed by atoms with Crippen LogP contribution in [0.5, 0.6) is 0 Å². The van der Waals surface area contributed by atoms with Crippen molar-refractivity contribution in [2.75, 3.05) is 5.32 Å². The van der Waals surface area contributed by atoms with Gasteiger partial charge in [0.2, 0.25) is 5.91 Å². The third kappa shape index (κ3) is 4.50. The highest BCUT2D eigenvalue weighted by Gasteiger charge is 2.13. The number of aromatic nitrogens is 4. The van der Waals surface area contributed by atoms with E-state index in [9.17, 15) is 9.18 Å². The molecule has 3 rings (SSSR count). The lowest BCUT2D eigenvalue weighted by molar-refractivity contribution is -0.116. The third-order valence-corrected chi connectivity index (χ3v) is 4.62. The maximum absolute atomic E-state index is 13.9. The van der Waals surface area contributed by atoms with Crippen molar-refractivity contribution in [3.05, 3.63) is 63.2 Å². The minimum absolute atomic E-state index is 0.159. The van der Waals surface area contributed by atoms with Crippen molar-refractivity contribution < 1.29 is 9.18 Å². The Morgan fingerprint density at radius 3 is 2.85 bits per heavy atom. The van der Waals surface area contributed by atoms with Gasteiger partial charge in [-0.05, 0) is 40.5 Å². The Kier molecular flexibility index (Phi) is 5.73. The molecule has 0 atom stereocenters. The van der Waals surface area contributed by atoms with E-state index >= 15 is 0 Å². The topological polar surface area (TPSA) is 64.7 Å². The largest absolute Gasteiger partial charge is 0.308 e. The van der Waals surface area contributed by atoms with E-state index in [4.69, 9.17) is 11.6 Å². The highest BCUT2D eigenvalue weighted by molar-refractivity contribution is 9.10. The molecule has 0 aliphatic heterocycles. The van der Waals surface area contributed by atoms with Gasteiger partial charge in [-0.3, -0.25) is 14.2 Å². The molecule has 0 aliphatic carbocycles. The van der Waals surface area contributed by atoms with Gasteiger partial charge in [0.25, 0.3) is 0 Å². The molecule has 0 radical (unpaired) electrons. The summed E-state index contributed by atoms with van der Waals surface area (Å²) in [6.45, 7) is 2.57. The van der Waals surface area contributed by atoms with Crippen LogP contribution >= 0.6 is 27.5 Å². The standard InChI is InChI=1S/C17H16BrClFN5O/c1-11-7-21-24(8-11)6-5-16(26)22-17-13(18)10-25(23-17)9-12-14(19)3-2-4-15(12)20/h2-4,7-8,10H,5-6,9H2,1H3,(H,22,23,26). The number of amides is 1. The average Bonchev–Trinajstić information content (AvgIpc) is 3.15. The SMILES string of the molecule is Cc1cnn(CCC(=O)Nc2nn(Cc3c(F)cccc3Cl)cc2Br)c1. The second-order valence-corrected chi connectivity index (χ2v) is 7.06. The molecule has 0 unspecified atom stereocenters. The first-order chi connectivity index (χ1) is 12.4. The van der Waals surface area contributed by atoms with Crippen LogP contribution in [0.3, 0.4) is 0 Å². The first-order valence-electron chi connectivity index (χ1n) is 7.87. The van der Waals surface area contributed by atoms with Crippen LogP contribution in [-0.4, -0.2) is 25.5 Å². The summed E-state index contributed by atoms with van der Waals surface area (Å²) in [6, 6.07) is 4.52. The molecule has 26 heavy (non-hydrogen) atoms. The molecular weight excluding hydrogens is 425 g/mol. The summed E-state index contributed by atoms with van der Waals surface area (Å²) in [5.74, 6) is -0.212. The second-order valence-electron chi connectivity index (χ2n) is 5.80. The van der Waals surface area contributed by atoms with Crippen molar-refractivity contribution in [2.24, 2.45) is 0 Å². The maximum atomic E-state index is 13.9. The predicted molar refractivity (Wildman–Crippen MR) is 101 cm³/mol. The molecule has 0 saturated carbocycles. The highest BCUT2D eigenvalue weighted by atomic mass is 79.9. The van der Waals surface area contributed by atoms with Gasteiger partial charge < -0.3 is 5.32 Å². The minimum atomic E-state index is -0.399. The van der Waals surface area contributed by atoms with Gasteiger partial charge in [0.05, 0.1) is 17.2 Å². The Labute approximate surface area is 163 Å². The summed E-state index contributed by atoms with van der Waals surface area (Å²) in [6.07, 6.45) is 5.54. The van der Waals surface area contributed by atoms with E-state index in [0.29, 0.717) is 27.4 Å². The molecule has 6 nitrogen and oxygen atoms in total. The van der Waals surface area contributed by atoms with Gasteiger partial charge in [0.15, 0.2) is 5.82 Å². The van der Waals surface area contributed by atoms with Crippen molar-refractivity contribution in [3.63, 3.8) is 0 Å². The zero-order valence-corrected chi connectivity index (χ0v) is 16.3. The van der Waals surface area contributed by atoms with Crippen LogP contribution in [0.1, 0.15) is 17.5 Å². The monoisotopic (exact) mass is 439 g/mol. The molecule has 0 saturated heterocycles. The first-order valence-corrected chi connectivity index (χ1v) is 9.04. The number of hydrogen-bond donors (Lipinski definition) is 1. The van der Waals surface area contributed by atoms with Crippen molar-refractivity contribution in [1.82, 2.24) is 19.6 Å². The summed E-state index contributed by atoms with van der Waals surface area (Å²) in [5, 5.41) is 11.5. The summed E-state index contributed by atoms with van der Waals surface area (Å²) in [5.41, 5.74) is 1.38. The molecular formula is C17H16BrClFN5O. The second kappa shape index (κ2) is 8.01. The number of carbonyl (C=O) groups excluding carboxylic acids is 1. The summed E-state index contributed by atoms with van der Waals surface area (Å²) < 4.78 is 17.7. The minimum Gasteiger partial charge on any atom is -0.308 e. The summed E-state index contributed by atoms with van der Waals surface area (Å²) >= 11 is 9.39. The fourth-order valence-corrected chi connectivity index (χ4v) is 3.05. The van der Waals surface area contributed by atoms with Crippen LogP contribution in [0.15, 0.2) is 41.3 Å². The van der Waals surface area contributed by atoms with E-state index < -0.39 is 5.82 Å². The average molecular weight is 441 g/mol. The quantitative estimate of drug-likeness (QED) is 0.630. The third-order valence-electron chi connectivity index (χ3n) is 3.69. The molecule has 3 aromatic rings. The van der Waals surface area contributed by atoms with Crippen LogP contribution in [0, 0.1) is 12.7 Å². The molecule has 2 heterocycles. The van der Waals surface area contributed by atoms with Gasteiger partial charge in [-0.25, -0.2) is 4.39 Å². The number of anilines is 1. The zero-order valence-electron chi connectivity index (χ0n) is 13.9. The van der Waals surface area contributed by atoms with Gasteiger partial charge in [-0.1, -0.05) is 17.7 Å². The van der Waals surface area contributed by atoms with Crippen molar-refractivity contribution in [2.45, 2.75) is 26.4 Å². The summed E-state index contributed by atoms with van der Waals surface area (Å²) in [7, 11) is 0. The molecule has 0 fully saturated rings. The molecule has 0 bridgehead atoms. The van der Waals surface area contributed by atoms with Gasteiger partial charge in [-0.2, -0.15) is 10.2 Å². The molecule has 136 valence electrons. The number of benzene rings is 1. The van der Waals surface area contributed by atoms with Gasteiger partial charge in [0.1, 0.15) is 5.82 Å². The molecule has 9 heteroatoms. The molecule has 1 amide bonds. The zero-order chi connectivity index (χ0) is 18.7. The Bertz CT molecular complexity index is 919. The number of rotatable bonds is 6. The summed E-state index contributed by atoms with van der Waals surface area (Å²) in [4.78, 5) is 12.1. The van der Waals surface area contributed by atoms with Gasteiger partial charge >= 0.3 is 0 Å². The van der Waals surface area contributed by atoms with Crippen molar-refractivity contribution in [3.8, 4) is 0 Å². The van der Waals surface area contributed by atoms with Crippen molar-refractivity contribution >= 4 is 39.3 Å². The Hall–Kier alpha value is -2.19. The molecule has 1 N–H and O–H groups in total. The van der Waals surface area contributed by atoms with Crippen LogP contribution in [0.4, 0.5) is 10.2 Å². The Balaban J connectivity index is 1.63. The Morgan fingerprint density at radius 2 is 2.15 bits per heavy atom. The number of nitrogens with one attached hydrogen (secondary N) is 1. The van der Waals surface area contributed by atoms with Crippen LogP contribution in [0.2, 0.25) is 5.02 Å². The van der Waals surface area contributed by atoms with Gasteiger partial charge in [0, 0.05) is 35.9 Å². The fourth-order valence-electron chi connectivity index (χ4n) is 2.41. The van der Waals surface area contributed by atoms with Crippen LogP contribution < -0.4 is 5.32 Å². The molecule has 0 aliphatic rings. The lowest BCUT2D eigenvalue weighted by Crippen LogP contribution is -2.15. The normalized spacial score (nSPS) is 10.9. The van der Waals surface area contributed by atoms with E-state index in [2.05, 4.69) is 31.4 Å². The van der Waals surface area contributed by atoms with Crippen LogP contribution in [0.25, 0.3) is 0 Å². The van der Waals surface area contributed by atoms with Crippen molar-refractivity contribution in [1.29, 1.82) is 0 Å². The van der Waals surface area contributed by atoms with Crippen LogP contribution in [-0.2, 0) is 17.9 Å². The lowest BCUT2D eigenvalue weighted by Gasteiger charge is -2.06. The highest BCUT2D eigenvalue weighted by Crippen LogP contribution is 2.24. The Morgan fingerprint density at radius 1 is 1.35 bits per heavy atom. The van der Waals surface area contributed by atoms with E-state index in [1.165, 1.54) is 10.7 Å². The first kappa shape index (κ1) is 18.6. The maximum Gasteiger partial charge on any atom is 0.227 e. The van der Waals surface area contributed by atoms with Gasteiger partial charge in [-0.15, -0.1) is 0 Å². The number of nitrogens with zero attached hydrogens (tertiary/aromatic N) is 4. The number of carbonyl (C=O) groups is 1. The smallest absolute Gasteiger partial charge is 0.227 e. The number of hydrogen-bond acceptors (Lipinski definition) is 3. The van der Waals surface area contributed by atoms with E-state index in [1.807, 2.05) is 13.1 Å². The molecule has 0 spiro atoms. The lowest BCUT2D eigenvalue weighted by atomic mass is 10.2. The van der Waals surface area contributed by atoms with E-state index in [-0.39, 0.29) is 18.9 Å². The number of halogens is 3. The fraction of sp³-hybridized carbons (Fsp3) is 0.235. The molecule has 2 aromatic heterocycles. The predicted octanol–water partition coefficient (Wildman–Crippen LogP) is 4.02. The molecule has 1 aromatic carbocycles.